The molecule has 0 bridgehead atoms. The minimum atomic E-state index is -0.772. The van der Waals surface area contributed by atoms with Crippen LogP contribution in [0, 0.1) is 5.92 Å². The van der Waals surface area contributed by atoms with Crippen molar-refractivity contribution in [3.63, 3.8) is 0 Å². The van der Waals surface area contributed by atoms with E-state index in [0.29, 0.717) is 24.0 Å². The first-order chi connectivity index (χ1) is 25.2. The van der Waals surface area contributed by atoms with Gasteiger partial charge in [0.2, 0.25) is 13.6 Å². The molecule has 9 nitrogen and oxygen atoms in total. The van der Waals surface area contributed by atoms with Gasteiger partial charge in [0.1, 0.15) is 23.9 Å². The van der Waals surface area contributed by atoms with Gasteiger partial charge in [0.15, 0.2) is 0 Å². The summed E-state index contributed by atoms with van der Waals surface area (Å²) in [6, 6.07) is 21.5. The summed E-state index contributed by atoms with van der Waals surface area (Å²) in [5, 5.41) is 18.2. The molecule has 2 N–H and O–H groups in total. The summed E-state index contributed by atoms with van der Waals surface area (Å²) in [4.78, 5) is 24.3. The molecule has 0 saturated heterocycles. The zero-order valence-electron chi connectivity index (χ0n) is 30.3. The predicted octanol–water partition coefficient (Wildman–Crippen LogP) is 8.59. The molecule has 1 fully saturated rings. The SMILES string of the molecule is C=C(CO)C(=C)C(=O)OCOc1cc(OCOC(=O)C(=C)CCO)cc(-c2ccc(COc3ccc(C4CCC(CCCCC)CC4)cc3)cc2)c1. The molecule has 4 rings (SSSR count). The summed E-state index contributed by atoms with van der Waals surface area (Å²) in [5.74, 6) is 1.56. The number of carbonyl (C=O) groups excluding carboxylic acids is 2. The van der Waals surface area contributed by atoms with Gasteiger partial charge >= 0.3 is 11.9 Å². The molecular weight excluding hydrogens is 660 g/mol. The van der Waals surface area contributed by atoms with Crippen LogP contribution in [0.3, 0.4) is 0 Å². The van der Waals surface area contributed by atoms with Gasteiger partial charge < -0.3 is 33.9 Å². The maximum Gasteiger partial charge on any atom is 0.340 e. The van der Waals surface area contributed by atoms with E-state index >= 15 is 0 Å². The van der Waals surface area contributed by atoms with Crippen molar-refractivity contribution >= 4 is 11.9 Å². The molecule has 3 aromatic carbocycles. The molecule has 0 spiro atoms. The molecule has 0 amide bonds. The van der Waals surface area contributed by atoms with Crippen molar-refractivity contribution in [3.05, 3.63) is 114 Å². The molecule has 0 aliphatic heterocycles. The van der Waals surface area contributed by atoms with Crippen LogP contribution in [0.4, 0.5) is 0 Å². The largest absolute Gasteiger partial charge is 0.489 e. The third-order valence-corrected chi connectivity index (χ3v) is 9.38. The quantitative estimate of drug-likeness (QED) is 0.0368. The van der Waals surface area contributed by atoms with Gasteiger partial charge in [0.25, 0.3) is 0 Å². The first-order valence-corrected chi connectivity index (χ1v) is 18.0. The monoisotopic (exact) mass is 712 g/mol. The zero-order chi connectivity index (χ0) is 37.3. The topological polar surface area (TPSA) is 121 Å². The molecular formula is C43H52O9. The summed E-state index contributed by atoms with van der Waals surface area (Å²) in [7, 11) is 0. The van der Waals surface area contributed by atoms with E-state index in [1.807, 2.05) is 24.3 Å². The van der Waals surface area contributed by atoms with Crippen molar-refractivity contribution in [2.75, 3.05) is 26.8 Å². The lowest BCUT2D eigenvalue weighted by molar-refractivity contribution is -0.146. The van der Waals surface area contributed by atoms with Gasteiger partial charge in [-0.3, -0.25) is 0 Å². The predicted molar refractivity (Wildman–Crippen MR) is 201 cm³/mol. The third kappa shape index (κ3) is 12.4. The van der Waals surface area contributed by atoms with E-state index in [-0.39, 0.29) is 29.7 Å². The van der Waals surface area contributed by atoms with E-state index in [4.69, 9.17) is 28.8 Å². The number of rotatable bonds is 21. The second-order valence-electron chi connectivity index (χ2n) is 13.2. The number of unbranched alkanes of at least 4 members (excludes halogenated alkanes) is 2. The standard InChI is InChI=1S/C43H52O9/c1-5-6-7-8-33-9-13-35(14-10-33)36-17-19-39(20-18-36)48-27-34-11-15-37(16-12-34)38-23-40(49-28-51-42(46)30(2)21-22-44)25-41(24-38)50-29-52-43(47)32(4)31(3)26-45/h11-12,15-20,23-25,33,35,44-45H,2-10,13-14,21-22,26-29H2,1H3. The molecule has 1 aliphatic rings. The third-order valence-electron chi connectivity index (χ3n) is 9.38. The Morgan fingerprint density at radius 2 is 1.35 bits per heavy atom. The Bertz CT molecular complexity index is 1630. The van der Waals surface area contributed by atoms with Crippen molar-refractivity contribution < 1.29 is 43.5 Å². The number of carbonyl (C=O) groups is 2. The van der Waals surface area contributed by atoms with Crippen LogP contribution in [0.25, 0.3) is 11.1 Å². The molecule has 9 heteroatoms. The molecule has 3 aromatic rings. The molecule has 0 radical (unpaired) electrons. The van der Waals surface area contributed by atoms with E-state index in [1.54, 1.807) is 18.2 Å². The maximum absolute atomic E-state index is 12.2. The van der Waals surface area contributed by atoms with E-state index < -0.39 is 32.1 Å². The zero-order valence-corrected chi connectivity index (χ0v) is 30.3. The van der Waals surface area contributed by atoms with Gasteiger partial charge in [-0.15, -0.1) is 0 Å². The summed E-state index contributed by atoms with van der Waals surface area (Å²) in [6.45, 7) is 11.9. The Balaban J connectivity index is 1.36. The Hall–Kier alpha value is -4.86. The van der Waals surface area contributed by atoms with Crippen LogP contribution in [-0.2, 0) is 25.7 Å². The molecule has 0 atom stereocenters. The number of esters is 2. The van der Waals surface area contributed by atoms with Crippen LogP contribution in [0.15, 0.2) is 103 Å². The average Bonchev–Trinajstić information content (AvgIpc) is 3.17. The second-order valence-corrected chi connectivity index (χ2v) is 13.2. The Morgan fingerprint density at radius 3 is 1.94 bits per heavy atom. The fraction of sp³-hybridized carbons (Fsp3) is 0.395. The molecule has 1 aliphatic carbocycles. The maximum atomic E-state index is 12.2. The van der Waals surface area contributed by atoms with E-state index in [2.05, 4.69) is 50.9 Å². The van der Waals surface area contributed by atoms with Crippen LogP contribution >= 0.6 is 0 Å². The number of ether oxygens (including phenoxy) is 5. The number of aliphatic hydroxyl groups excluding tert-OH is 2. The van der Waals surface area contributed by atoms with Gasteiger partial charge in [-0.05, 0) is 89.6 Å². The van der Waals surface area contributed by atoms with Gasteiger partial charge in [-0.1, -0.05) is 88.7 Å². The lowest BCUT2D eigenvalue weighted by Crippen LogP contribution is -2.14. The highest BCUT2D eigenvalue weighted by molar-refractivity contribution is 5.92. The summed E-state index contributed by atoms with van der Waals surface area (Å²) in [5.41, 5.74) is 4.19. The molecule has 278 valence electrons. The molecule has 52 heavy (non-hydrogen) atoms. The van der Waals surface area contributed by atoms with Gasteiger partial charge in [-0.25, -0.2) is 9.59 Å². The number of aliphatic hydroxyl groups is 2. The van der Waals surface area contributed by atoms with Crippen LogP contribution < -0.4 is 14.2 Å². The molecule has 0 aromatic heterocycles. The van der Waals surface area contributed by atoms with Crippen molar-refractivity contribution in [2.45, 2.75) is 77.2 Å². The number of hydrogen-bond acceptors (Lipinski definition) is 9. The van der Waals surface area contributed by atoms with Gasteiger partial charge in [0.05, 0.1) is 12.2 Å². The fourth-order valence-electron chi connectivity index (χ4n) is 6.14. The van der Waals surface area contributed by atoms with Crippen LogP contribution in [0.1, 0.15) is 81.8 Å². The van der Waals surface area contributed by atoms with Crippen LogP contribution in [-0.4, -0.2) is 49.0 Å². The van der Waals surface area contributed by atoms with Crippen molar-refractivity contribution in [3.8, 4) is 28.4 Å². The normalized spacial score (nSPS) is 15.3. The Labute approximate surface area is 307 Å². The number of benzene rings is 3. The first kappa shape index (κ1) is 39.9. The van der Waals surface area contributed by atoms with Crippen molar-refractivity contribution in [1.29, 1.82) is 0 Å². The lowest BCUT2D eigenvalue weighted by atomic mass is 9.77. The van der Waals surface area contributed by atoms with Crippen molar-refractivity contribution in [1.82, 2.24) is 0 Å². The second kappa shape index (κ2) is 20.9. The van der Waals surface area contributed by atoms with E-state index in [0.717, 1.165) is 28.4 Å². The van der Waals surface area contributed by atoms with E-state index in [9.17, 15) is 14.7 Å². The molecule has 0 heterocycles. The summed E-state index contributed by atoms with van der Waals surface area (Å²) < 4.78 is 27.8. The molecule has 0 unspecified atom stereocenters. The average molecular weight is 713 g/mol. The minimum Gasteiger partial charge on any atom is -0.489 e. The van der Waals surface area contributed by atoms with Crippen molar-refractivity contribution in [2.24, 2.45) is 5.92 Å². The Morgan fingerprint density at radius 1 is 0.712 bits per heavy atom. The molecule has 1 saturated carbocycles. The highest BCUT2D eigenvalue weighted by Gasteiger charge is 2.22. The van der Waals surface area contributed by atoms with Gasteiger partial charge in [0, 0.05) is 24.7 Å². The number of hydrogen-bond donors (Lipinski definition) is 2. The highest BCUT2D eigenvalue weighted by atomic mass is 16.7. The Kier molecular flexibility index (Phi) is 16.0. The van der Waals surface area contributed by atoms with Crippen LogP contribution in [0.2, 0.25) is 0 Å². The van der Waals surface area contributed by atoms with Crippen LogP contribution in [0.5, 0.6) is 17.2 Å². The smallest absolute Gasteiger partial charge is 0.340 e. The minimum absolute atomic E-state index is 0.0555. The highest BCUT2D eigenvalue weighted by Crippen LogP contribution is 2.38. The lowest BCUT2D eigenvalue weighted by Gasteiger charge is -2.29. The fourth-order valence-corrected chi connectivity index (χ4v) is 6.14. The first-order valence-electron chi connectivity index (χ1n) is 18.0. The summed E-state index contributed by atoms with van der Waals surface area (Å²) >= 11 is 0. The van der Waals surface area contributed by atoms with E-state index in [1.165, 1.54) is 56.9 Å². The summed E-state index contributed by atoms with van der Waals surface area (Å²) in [6.07, 6.45) is 10.7. The van der Waals surface area contributed by atoms with Gasteiger partial charge in [-0.2, -0.15) is 0 Å².